The van der Waals surface area contributed by atoms with Crippen molar-refractivity contribution in [2.75, 3.05) is 12.4 Å². The number of hydrogen-bond acceptors (Lipinski definition) is 4. The van der Waals surface area contributed by atoms with Crippen molar-refractivity contribution in [2.24, 2.45) is 0 Å². The van der Waals surface area contributed by atoms with E-state index in [0.29, 0.717) is 23.4 Å². The second kappa shape index (κ2) is 6.82. The monoisotopic (exact) mass is 300 g/mol. The molecule has 0 atom stereocenters. The highest BCUT2D eigenvalue weighted by Crippen LogP contribution is 2.25. The van der Waals surface area contributed by atoms with Crippen LogP contribution in [0.5, 0.6) is 0 Å². The highest BCUT2D eigenvalue weighted by molar-refractivity contribution is 6.05. The molecular formula is C16H16N2O4. The molecule has 2 aromatic rings. The zero-order chi connectivity index (χ0) is 16.1. The standard InChI is InChI=1S/C16H16N2O4/c1-11-14(7-4-8-15(11)18(20)21)17-16(19)13-6-3-5-12(9-13)10-22-2/h3-9H,10H2,1-2H3,(H,17,19). The number of nitrogens with zero attached hydrogens (tertiary/aromatic N) is 1. The molecule has 0 saturated carbocycles. The van der Waals surface area contributed by atoms with Crippen molar-refractivity contribution in [3.63, 3.8) is 0 Å². The Balaban J connectivity index is 2.24. The molecule has 1 N–H and O–H groups in total. The summed E-state index contributed by atoms with van der Waals surface area (Å²) >= 11 is 0. The van der Waals surface area contributed by atoms with Crippen LogP contribution in [0.2, 0.25) is 0 Å². The van der Waals surface area contributed by atoms with Gasteiger partial charge < -0.3 is 10.1 Å². The van der Waals surface area contributed by atoms with E-state index < -0.39 is 4.92 Å². The summed E-state index contributed by atoms with van der Waals surface area (Å²) in [7, 11) is 1.58. The lowest BCUT2D eigenvalue weighted by molar-refractivity contribution is -0.385. The fourth-order valence-electron chi connectivity index (χ4n) is 2.12. The number of rotatable bonds is 5. The third-order valence-electron chi connectivity index (χ3n) is 3.25. The van der Waals surface area contributed by atoms with Crippen molar-refractivity contribution in [2.45, 2.75) is 13.5 Å². The third kappa shape index (κ3) is 3.48. The van der Waals surface area contributed by atoms with E-state index in [1.54, 1.807) is 44.4 Å². The van der Waals surface area contributed by atoms with Crippen LogP contribution < -0.4 is 5.32 Å². The van der Waals surface area contributed by atoms with Crippen molar-refractivity contribution in [3.05, 3.63) is 69.3 Å². The Morgan fingerprint density at radius 2 is 2.00 bits per heavy atom. The molecule has 1 amide bonds. The van der Waals surface area contributed by atoms with E-state index in [9.17, 15) is 14.9 Å². The summed E-state index contributed by atoms with van der Waals surface area (Å²) in [6.07, 6.45) is 0. The first-order chi connectivity index (χ1) is 10.5. The highest BCUT2D eigenvalue weighted by Gasteiger charge is 2.15. The van der Waals surface area contributed by atoms with Gasteiger partial charge in [0.25, 0.3) is 11.6 Å². The Hall–Kier alpha value is -2.73. The molecule has 0 radical (unpaired) electrons. The summed E-state index contributed by atoms with van der Waals surface area (Å²) in [6, 6.07) is 11.6. The number of hydrogen-bond donors (Lipinski definition) is 1. The summed E-state index contributed by atoms with van der Waals surface area (Å²) in [5, 5.41) is 13.6. The van der Waals surface area contributed by atoms with Crippen LogP contribution in [0.1, 0.15) is 21.5 Å². The molecule has 0 unspecified atom stereocenters. The summed E-state index contributed by atoms with van der Waals surface area (Å²) in [6.45, 7) is 2.02. The smallest absolute Gasteiger partial charge is 0.274 e. The first kappa shape index (κ1) is 15.7. The van der Waals surface area contributed by atoms with Crippen molar-refractivity contribution >= 4 is 17.3 Å². The van der Waals surface area contributed by atoms with E-state index in [2.05, 4.69) is 5.32 Å². The Bertz CT molecular complexity index is 713. The zero-order valence-electron chi connectivity index (χ0n) is 12.3. The molecule has 0 aliphatic heterocycles. The largest absolute Gasteiger partial charge is 0.380 e. The Morgan fingerprint density at radius 1 is 1.27 bits per heavy atom. The van der Waals surface area contributed by atoms with E-state index >= 15 is 0 Å². The SMILES string of the molecule is COCc1cccc(C(=O)Nc2cccc([N+](=O)[O-])c2C)c1. The zero-order valence-corrected chi connectivity index (χ0v) is 12.3. The molecule has 22 heavy (non-hydrogen) atoms. The van der Waals surface area contributed by atoms with Gasteiger partial charge in [0.1, 0.15) is 0 Å². The third-order valence-corrected chi connectivity index (χ3v) is 3.25. The van der Waals surface area contributed by atoms with Crippen LogP contribution in [-0.4, -0.2) is 17.9 Å². The number of carbonyl (C=O) groups excluding carboxylic acids is 1. The normalized spacial score (nSPS) is 10.3. The van der Waals surface area contributed by atoms with E-state index in [4.69, 9.17) is 4.74 Å². The Morgan fingerprint density at radius 3 is 2.68 bits per heavy atom. The highest BCUT2D eigenvalue weighted by atomic mass is 16.6. The molecule has 2 rings (SSSR count). The summed E-state index contributed by atoms with van der Waals surface area (Å²) < 4.78 is 5.04. The molecule has 0 heterocycles. The average molecular weight is 300 g/mol. The lowest BCUT2D eigenvalue weighted by Crippen LogP contribution is -2.13. The van der Waals surface area contributed by atoms with Gasteiger partial charge in [-0.15, -0.1) is 0 Å². The Kier molecular flexibility index (Phi) is 4.85. The van der Waals surface area contributed by atoms with Crippen molar-refractivity contribution < 1.29 is 14.5 Å². The summed E-state index contributed by atoms with van der Waals surface area (Å²) in [5.74, 6) is -0.318. The van der Waals surface area contributed by atoms with E-state index in [1.807, 2.05) is 6.07 Å². The molecule has 6 nitrogen and oxygen atoms in total. The predicted molar refractivity (Wildman–Crippen MR) is 82.9 cm³/mol. The summed E-state index contributed by atoms with van der Waals surface area (Å²) in [4.78, 5) is 22.7. The minimum atomic E-state index is -0.468. The van der Waals surface area contributed by atoms with Crippen molar-refractivity contribution in [1.82, 2.24) is 0 Å². The maximum Gasteiger partial charge on any atom is 0.274 e. The lowest BCUT2D eigenvalue weighted by Gasteiger charge is -2.09. The fourth-order valence-corrected chi connectivity index (χ4v) is 2.12. The van der Waals surface area contributed by atoms with Gasteiger partial charge in [0.05, 0.1) is 22.8 Å². The first-order valence-electron chi connectivity index (χ1n) is 6.66. The van der Waals surface area contributed by atoms with Crippen molar-refractivity contribution in [1.29, 1.82) is 0 Å². The van der Waals surface area contributed by atoms with Crippen LogP contribution in [0, 0.1) is 17.0 Å². The number of amides is 1. The van der Waals surface area contributed by atoms with Gasteiger partial charge in [0.15, 0.2) is 0 Å². The van der Waals surface area contributed by atoms with Crippen LogP contribution in [-0.2, 0) is 11.3 Å². The van der Waals surface area contributed by atoms with E-state index in [1.165, 1.54) is 6.07 Å². The second-order valence-corrected chi connectivity index (χ2v) is 4.79. The first-order valence-corrected chi connectivity index (χ1v) is 6.66. The minimum Gasteiger partial charge on any atom is -0.380 e. The van der Waals surface area contributed by atoms with Crippen LogP contribution in [0.25, 0.3) is 0 Å². The molecule has 0 spiro atoms. The average Bonchev–Trinajstić information content (AvgIpc) is 2.49. The number of nitro groups is 1. The van der Waals surface area contributed by atoms with Gasteiger partial charge in [-0.2, -0.15) is 0 Å². The van der Waals surface area contributed by atoms with Crippen molar-refractivity contribution in [3.8, 4) is 0 Å². The molecule has 2 aromatic carbocycles. The van der Waals surface area contributed by atoms with Gasteiger partial charge in [-0.1, -0.05) is 18.2 Å². The fraction of sp³-hybridized carbons (Fsp3) is 0.188. The maximum absolute atomic E-state index is 12.3. The van der Waals surface area contributed by atoms with Crippen LogP contribution in [0.4, 0.5) is 11.4 Å². The number of ether oxygens (including phenoxy) is 1. The molecular weight excluding hydrogens is 284 g/mol. The van der Waals surface area contributed by atoms with Gasteiger partial charge in [0.2, 0.25) is 0 Å². The van der Waals surface area contributed by atoms with Crippen LogP contribution in [0.15, 0.2) is 42.5 Å². The number of methoxy groups -OCH3 is 1. The molecule has 0 aromatic heterocycles. The number of nitrogens with one attached hydrogen (secondary N) is 1. The van der Waals surface area contributed by atoms with E-state index in [-0.39, 0.29) is 11.6 Å². The van der Waals surface area contributed by atoms with Gasteiger partial charge in [-0.3, -0.25) is 14.9 Å². The second-order valence-electron chi connectivity index (χ2n) is 4.79. The van der Waals surface area contributed by atoms with Gasteiger partial charge in [-0.25, -0.2) is 0 Å². The molecule has 0 aliphatic carbocycles. The summed E-state index contributed by atoms with van der Waals surface area (Å²) in [5.41, 5.74) is 2.18. The minimum absolute atomic E-state index is 0.0223. The predicted octanol–water partition coefficient (Wildman–Crippen LogP) is 3.30. The molecule has 0 bridgehead atoms. The quantitative estimate of drug-likeness (QED) is 0.678. The Labute approximate surface area is 127 Å². The molecule has 6 heteroatoms. The van der Waals surface area contributed by atoms with Crippen LogP contribution >= 0.6 is 0 Å². The number of nitro benzene ring substituents is 1. The number of anilines is 1. The van der Waals surface area contributed by atoms with Crippen LogP contribution in [0.3, 0.4) is 0 Å². The van der Waals surface area contributed by atoms with Gasteiger partial charge in [0, 0.05) is 18.7 Å². The molecule has 0 fully saturated rings. The van der Waals surface area contributed by atoms with E-state index in [0.717, 1.165) is 5.56 Å². The maximum atomic E-state index is 12.3. The lowest BCUT2D eigenvalue weighted by atomic mass is 10.1. The number of benzene rings is 2. The topological polar surface area (TPSA) is 81.5 Å². The van der Waals surface area contributed by atoms with Gasteiger partial charge in [-0.05, 0) is 30.7 Å². The number of carbonyl (C=O) groups is 1. The molecule has 0 aliphatic rings. The molecule has 0 saturated heterocycles. The molecule has 114 valence electrons. The van der Waals surface area contributed by atoms with Gasteiger partial charge >= 0.3 is 0 Å².